The van der Waals surface area contributed by atoms with E-state index in [0.717, 1.165) is 49.0 Å². The number of benzene rings is 2. The van der Waals surface area contributed by atoms with Crippen molar-refractivity contribution in [2.45, 2.75) is 54.9 Å². The minimum absolute atomic E-state index is 0.194. The molecule has 0 radical (unpaired) electrons. The minimum Gasteiger partial charge on any atom is -0.223 e. The monoisotopic (exact) mass is 410 g/mol. The summed E-state index contributed by atoms with van der Waals surface area (Å²) in [4.78, 5) is 1.03. The van der Waals surface area contributed by atoms with Gasteiger partial charge in [0.25, 0.3) is 0 Å². The number of hydrogen-bond donors (Lipinski definition) is 0. The first-order valence-electron chi connectivity index (χ1n) is 10.0. The number of rotatable bonds is 5. The molecule has 0 N–H and O–H groups in total. The summed E-state index contributed by atoms with van der Waals surface area (Å²) in [6.45, 7) is 2.11. The zero-order chi connectivity index (χ0) is 19.6. The molecule has 28 heavy (non-hydrogen) atoms. The van der Waals surface area contributed by atoms with Crippen molar-refractivity contribution < 1.29 is 8.42 Å². The Labute approximate surface area is 172 Å². The molecule has 1 fully saturated rings. The SMILES string of the molecule is Cc1cccc(Cc2cccc(-c3ccc(S(=O)(=O)C4CCCCC4)s3)c2)c1. The summed E-state index contributed by atoms with van der Waals surface area (Å²) in [5.74, 6) is 0. The van der Waals surface area contributed by atoms with Crippen LogP contribution in [0.2, 0.25) is 0 Å². The third-order valence-corrected chi connectivity index (χ3v) is 9.48. The van der Waals surface area contributed by atoms with E-state index in [1.807, 2.05) is 6.07 Å². The summed E-state index contributed by atoms with van der Waals surface area (Å²) < 4.78 is 26.5. The highest BCUT2D eigenvalue weighted by atomic mass is 32.2. The quantitative estimate of drug-likeness (QED) is 0.486. The number of thiophene rings is 1. The zero-order valence-corrected chi connectivity index (χ0v) is 17.9. The van der Waals surface area contributed by atoms with Crippen molar-refractivity contribution in [2.24, 2.45) is 0 Å². The summed E-state index contributed by atoms with van der Waals surface area (Å²) >= 11 is 1.42. The van der Waals surface area contributed by atoms with Crippen molar-refractivity contribution in [1.82, 2.24) is 0 Å². The van der Waals surface area contributed by atoms with Gasteiger partial charge in [-0.3, -0.25) is 0 Å². The first kappa shape index (κ1) is 19.4. The van der Waals surface area contributed by atoms with Crippen molar-refractivity contribution in [3.63, 3.8) is 0 Å². The molecule has 1 aromatic heterocycles. The van der Waals surface area contributed by atoms with E-state index in [1.54, 1.807) is 6.07 Å². The van der Waals surface area contributed by atoms with E-state index < -0.39 is 9.84 Å². The third-order valence-electron chi connectivity index (χ3n) is 5.56. The predicted octanol–water partition coefficient (Wildman–Crippen LogP) is 6.42. The van der Waals surface area contributed by atoms with Gasteiger partial charge in [-0.15, -0.1) is 11.3 Å². The maximum Gasteiger partial charge on any atom is 0.190 e. The molecule has 0 spiro atoms. The van der Waals surface area contributed by atoms with Crippen molar-refractivity contribution in [1.29, 1.82) is 0 Å². The molecule has 146 valence electrons. The van der Waals surface area contributed by atoms with Gasteiger partial charge in [0, 0.05) is 4.88 Å². The number of aryl methyl sites for hydroxylation is 1. The molecule has 1 saturated carbocycles. The normalized spacial score (nSPS) is 15.6. The largest absolute Gasteiger partial charge is 0.223 e. The van der Waals surface area contributed by atoms with Crippen LogP contribution in [0.3, 0.4) is 0 Å². The lowest BCUT2D eigenvalue weighted by Crippen LogP contribution is -2.23. The van der Waals surface area contributed by atoms with E-state index in [4.69, 9.17) is 0 Å². The van der Waals surface area contributed by atoms with Crippen LogP contribution in [-0.4, -0.2) is 13.7 Å². The maximum absolute atomic E-state index is 13.0. The summed E-state index contributed by atoms with van der Waals surface area (Å²) in [7, 11) is -3.19. The molecule has 0 unspecified atom stereocenters. The Morgan fingerprint density at radius 1 is 0.893 bits per heavy atom. The zero-order valence-electron chi connectivity index (χ0n) is 16.2. The Hall–Kier alpha value is -1.91. The van der Waals surface area contributed by atoms with Crippen LogP contribution in [0.5, 0.6) is 0 Å². The van der Waals surface area contributed by atoms with Crippen molar-refractivity contribution in [3.05, 3.63) is 77.4 Å². The van der Waals surface area contributed by atoms with Gasteiger partial charge in [-0.1, -0.05) is 73.4 Å². The average Bonchev–Trinajstić information content (AvgIpc) is 3.20. The number of hydrogen-bond acceptors (Lipinski definition) is 3. The summed E-state index contributed by atoms with van der Waals surface area (Å²) in [6, 6.07) is 20.8. The van der Waals surface area contributed by atoms with Gasteiger partial charge in [0.05, 0.1) is 5.25 Å². The van der Waals surface area contributed by atoms with Gasteiger partial charge in [-0.2, -0.15) is 0 Å². The second-order valence-electron chi connectivity index (χ2n) is 7.79. The second-order valence-corrected chi connectivity index (χ2v) is 11.3. The standard InChI is InChI=1S/C24H26O2S2/c1-18-7-5-8-19(15-18)16-20-9-6-10-21(17-20)23-13-14-24(27-23)28(25,26)22-11-3-2-4-12-22/h5-10,13-15,17,22H,2-4,11-12,16H2,1H3. The lowest BCUT2D eigenvalue weighted by atomic mass is 10.0. The van der Waals surface area contributed by atoms with E-state index in [-0.39, 0.29) is 5.25 Å². The van der Waals surface area contributed by atoms with E-state index >= 15 is 0 Å². The van der Waals surface area contributed by atoms with Crippen molar-refractivity contribution in [3.8, 4) is 10.4 Å². The molecule has 0 amide bonds. The van der Waals surface area contributed by atoms with Crippen LogP contribution in [0.15, 0.2) is 64.9 Å². The number of sulfone groups is 1. The highest BCUT2D eigenvalue weighted by molar-refractivity contribution is 7.94. The highest BCUT2D eigenvalue weighted by Crippen LogP contribution is 2.36. The Balaban J connectivity index is 1.57. The Bertz CT molecular complexity index is 1060. The maximum atomic E-state index is 13.0. The molecule has 0 saturated heterocycles. The highest BCUT2D eigenvalue weighted by Gasteiger charge is 2.30. The van der Waals surface area contributed by atoms with Gasteiger partial charge in [0.15, 0.2) is 9.84 Å². The lowest BCUT2D eigenvalue weighted by Gasteiger charge is -2.20. The first-order valence-corrected chi connectivity index (χ1v) is 12.4. The molecule has 0 bridgehead atoms. The third kappa shape index (κ3) is 4.23. The van der Waals surface area contributed by atoms with Gasteiger partial charge in [-0.25, -0.2) is 8.42 Å². The van der Waals surface area contributed by atoms with Crippen LogP contribution in [-0.2, 0) is 16.3 Å². The lowest BCUT2D eigenvalue weighted by molar-refractivity contribution is 0.484. The van der Waals surface area contributed by atoms with Crippen LogP contribution in [0.1, 0.15) is 48.8 Å². The molecular formula is C24H26O2S2. The van der Waals surface area contributed by atoms with Gasteiger partial charge in [0.2, 0.25) is 0 Å². The van der Waals surface area contributed by atoms with Gasteiger partial charge >= 0.3 is 0 Å². The minimum atomic E-state index is -3.19. The molecule has 4 rings (SSSR count). The van der Waals surface area contributed by atoms with Crippen LogP contribution < -0.4 is 0 Å². The van der Waals surface area contributed by atoms with Gasteiger partial charge in [0.1, 0.15) is 4.21 Å². The Kier molecular flexibility index (Phi) is 5.70. The van der Waals surface area contributed by atoms with Gasteiger partial charge < -0.3 is 0 Å². The molecule has 2 nitrogen and oxygen atoms in total. The smallest absolute Gasteiger partial charge is 0.190 e. The van der Waals surface area contributed by atoms with Gasteiger partial charge in [-0.05, 0) is 55.0 Å². The first-order chi connectivity index (χ1) is 13.5. The fourth-order valence-electron chi connectivity index (χ4n) is 4.06. The predicted molar refractivity (Wildman–Crippen MR) is 118 cm³/mol. The Morgan fingerprint density at radius 2 is 1.61 bits per heavy atom. The van der Waals surface area contributed by atoms with E-state index in [9.17, 15) is 8.42 Å². The summed E-state index contributed by atoms with van der Waals surface area (Å²) in [5, 5.41) is -0.194. The molecule has 1 heterocycles. The average molecular weight is 411 g/mol. The van der Waals surface area contributed by atoms with E-state index in [2.05, 4.69) is 55.5 Å². The molecule has 0 aliphatic heterocycles. The molecule has 1 aliphatic carbocycles. The fourth-order valence-corrected chi connectivity index (χ4v) is 7.48. The van der Waals surface area contributed by atoms with E-state index in [0.29, 0.717) is 4.21 Å². The molecule has 1 aliphatic rings. The second kappa shape index (κ2) is 8.22. The van der Waals surface area contributed by atoms with Crippen LogP contribution in [0.4, 0.5) is 0 Å². The summed E-state index contributed by atoms with van der Waals surface area (Å²) in [6.07, 6.45) is 5.72. The topological polar surface area (TPSA) is 34.1 Å². The van der Waals surface area contributed by atoms with Crippen LogP contribution in [0.25, 0.3) is 10.4 Å². The molecule has 4 heteroatoms. The van der Waals surface area contributed by atoms with E-state index in [1.165, 1.54) is 28.0 Å². The Morgan fingerprint density at radius 3 is 2.36 bits per heavy atom. The fraction of sp³-hybridized carbons (Fsp3) is 0.333. The summed E-state index contributed by atoms with van der Waals surface area (Å²) in [5.41, 5.74) is 4.90. The molecule has 0 atom stereocenters. The van der Waals surface area contributed by atoms with Crippen molar-refractivity contribution >= 4 is 21.2 Å². The van der Waals surface area contributed by atoms with Crippen LogP contribution in [0, 0.1) is 6.92 Å². The van der Waals surface area contributed by atoms with Crippen molar-refractivity contribution in [2.75, 3.05) is 0 Å². The molecular weight excluding hydrogens is 384 g/mol. The van der Waals surface area contributed by atoms with Crippen LogP contribution >= 0.6 is 11.3 Å². The molecule has 3 aromatic rings. The molecule has 2 aromatic carbocycles.